The minimum absolute atomic E-state index is 0.0111. The van der Waals surface area contributed by atoms with Gasteiger partial charge in [-0.05, 0) is 37.0 Å². The summed E-state index contributed by atoms with van der Waals surface area (Å²) in [6, 6.07) is 15.1. The molecule has 25 heavy (non-hydrogen) atoms. The van der Waals surface area contributed by atoms with Crippen molar-refractivity contribution in [2.24, 2.45) is 0 Å². The van der Waals surface area contributed by atoms with Gasteiger partial charge in [0, 0.05) is 17.3 Å². The Labute approximate surface area is 145 Å². The summed E-state index contributed by atoms with van der Waals surface area (Å²) < 4.78 is 5.37. The van der Waals surface area contributed by atoms with Crippen LogP contribution in [0.1, 0.15) is 18.4 Å². The highest BCUT2D eigenvalue weighted by Crippen LogP contribution is 2.38. The summed E-state index contributed by atoms with van der Waals surface area (Å²) in [7, 11) is 0. The fourth-order valence-corrected chi connectivity index (χ4v) is 3.04. The largest absolute Gasteiger partial charge is 0.482 e. The molecule has 0 saturated heterocycles. The number of amides is 3. The summed E-state index contributed by atoms with van der Waals surface area (Å²) in [5.74, 6) is 0.380. The van der Waals surface area contributed by atoms with Crippen molar-refractivity contribution in [2.75, 3.05) is 17.2 Å². The number of carbonyl (C=O) groups excluding carboxylic acids is 2. The zero-order chi connectivity index (χ0) is 17.3. The zero-order valence-corrected chi connectivity index (χ0v) is 13.7. The summed E-state index contributed by atoms with van der Waals surface area (Å²) in [6.07, 6.45) is 2.80. The van der Waals surface area contributed by atoms with Crippen LogP contribution in [-0.2, 0) is 11.2 Å². The highest BCUT2D eigenvalue weighted by molar-refractivity contribution is 5.96. The van der Waals surface area contributed by atoms with Crippen molar-refractivity contribution >= 4 is 23.3 Å². The van der Waals surface area contributed by atoms with E-state index in [1.165, 1.54) is 5.56 Å². The molecule has 0 unspecified atom stereocenters. The number of rotatable bonds is 4. The average Bonchev–Trinajstić information content (AvgIpc) is 3.34. The van der Waals surface area contributed by atoms with E-state index in [2.05, 4.69) is 28.1 Å². The molecule has 2 aromatic rings. The number of ether oxygens (including phenoxy) is 1. The zero-order valence-electron chi connectivity index (χ0n) is 13.7. The van der Waals surface area contributed by atoms with E-state index in [0.29, 0.717) is 17.1 Å². The van der Waals surface area contributed by atoms with Crippen molar-refractivity contribution in [1.29, 1.82) is 0 Å². The van der Waals surface area contributed by atoms with Gasteiger partial charge in [-0.3, -0.25) is 4.79 Å². The van der Waals surface area contributed by atoms with Gasteiger partial charge in [-0.15, -0.1) is 0 Å². The maximum Gasteiger partial charge on any atom is 0.319 e. The summed E-state index contributed by atoms with van der Waals surface area (Å²) in [5, 5.41) is 8.66. The first kappa shape index (κ1) is 15.5. The van der Waals surface area contributed by atoms with E-state index in [1.807, 2.05) is 18.2 Å². The van der Waals surface area contributed by atoms with Gasteiger partial charge in [-0.2, -0.15) is 0 Å². The van der Waals surface area contributed by atoms with Crippen LogP contribution in [0.25, 0.3) is 0 Å². The Bertz CT molecular complexity index is 816. The number of benzene rings is 2. The molecule has 4 rings (SSSR count). The first-order chi connectivity index (χ1) is 12.1. The predicted molar refractivity (Wildman–Crippen MR) is 94.8 cm³/mol. The van der Waals surface area contributed by atoms with Gasteiger partial charge in [-0.25, -0.2) is 4.79 Å². The lowest BCUT2D eigenvalue weighted by Crippen LogP contribution is -2.41. The van der Waals surface area contributed by atoms with Crippen LogP contribution >= 0.6 is 0 Å². The van der Waals surface area contributed by atoms with Gasteiger partial charge < -0.3 is 20.7 Å². The number of hydrogen-bond donors (Lipinski definition) is 3. The monoisotopic (exact) mass is 337 g/mol. The topological polar surface area (TPSA) is 79.5 Å². The van der Waals surface area contributed by atoms with E-state index in [9.17, 15) is 9.59 Å². The average molecular weight is 337 g/mol. The number of urea groups is 1. The Morgan fingerprint density at radius 1 is 1.16 bits per heavy atom. The third kappa shape index (κ3) is 3.57. The van der Waals surface area contributed by atoms with Crippen molar-refractivity contribution in [2.45, 2.75) is 24.8 Å². The second-order valence-electron chi connectivity index (χ2n) is 6.57. The van der Waals surface area contributed by atoms with E-state index in [0.717, 1.165) is 19.3 Å². The molecule has 1 saturated carbocycles. The molecule has 2 aromatic carbocycles. The molecular weight excluding hydrogens is 318 g/mol. The lowest BCUT2D eigenvalue weighted by molar-refractivity contribution is -0.118. The molecule has 0 radical (unpaired) electrons. The maximum atomic E-state index is 12.3. The third-order valence-electron chi connectivity index (χ3n) is 4.49. The standard InChI is InChI=1S/C19H19N3O3/c23-17-12-25-16-10-14(6-7-15(16)21-17)20-18(24)22-19(8-9-19)11-13-4-2-1-3-5-13/h1-7,10H,8-9,11-12H2,(H,21,23)(H2,20,22,24). The van der Waals surface area contributed by atoms with Crippen LogP contribution in [0.3, 0.4) is 0 Å². The molecule has 0 atom stereocenters. The summed E-state index contributed by atoms with van der Waals surface area (Å²) in [5.41, 5.74) is 2.32. The van der Waals surface area contributed by atoms with Crippen LogP contribution in [0, 0.1) is 0 Å². The number of hydrogen-bond acceptors (Lipinski definition) is 3. The Morgan fingerprint density at radius 3 is 2.72 bits per heavy atom. The maximum absolute atomic E-state index is 12.3. The quantitative estimate of drug-likeness (QED) is 0.802. The van der Waals surface area contributed by atoms with Gasteiger partial charge in [0.05, 0.1) is 5.69 Å². The van der Waals surface area contributed by atoms with Gasteiger partial charge in [0.25, 0.3) is 5.91 Å². The van der Waals surface area contributed by atoms with Crippen molar-refractivity contribution in [3.63, 3.8) is 0 Å². The highest BCUT2D eigenvalue weighted by atomic mass is 16.5. The number of nitrogens with one attached hydrogen (secondary N) is 3. The first-order valence-corrected chi connectivity index (χ1v) is 8.32. The summed E-state index contributed by atoms with van der Waals surface area (Å²) in [4.78, 5) is 23.6. The normalized spacial score (nSPS) is 16.9. The molecule has 6 nitrogen and oxygen atoms in total. The van der Waals surface area contributed by atoms with E-state index < -0.39 is 0 Å². The fraction of sp³-hybridized carbons (Fsp3) is 0.263. The number of carbonyl (C=O) groups is 2. The molecule has 2 aliphatic rings. The SMILES string of the molecule is O=C1COc2cc(NC(=O)NC3(Cc4ccccc4)CC3)ccc2N1. The van der Waals surface area contributed by atoms with E-state index in [1.54, 1.807) is 18.2 Å². The lowest BCUT2D eigenvalue weighted by Gasteiger charge is -2.20. The Kier molecular flexibility index (Phi) is 3.80. The summed E-state index contributed by atoms with van der Waals surface area (Å²) in [6.45, 7) is -0.0111. The van der Waals surface area contributed by atoms with Gasteiger partial charge in [0.2, 0.25) is 0 Å². The van der Waals surface area contributed by atoms with Crippen LogP contribution in [-0.4, -0.2) is 24.1 Å². The second-order valence-corrected chi connectivity index (χ2v) is 6.57. The van der Waals surface area contributed by atoms with Gasteiger partial charge in [0.1, 0.15) is 5.75 Å². The van der Waals surface area contributed by atoms with E-state index >= 15 is 0 Å². The molecular formula is C19H19N3O3. The Hall–Kier alpha value is -3.02. The van der Waals surface area contributed by atoms with Crippen LogP contribution in [0.2, 0.25) is 0 Å². The minimum atomic E-state index is -0.228. The first-order valence-electron chi connectivity index (χ1n) is 8.32. The smallest absolute Gasteiger partial charge is 0.319 e. The van der Waals surface area contributed by atoms with Crippen LogP contribution < -0.4 is 20.7 Å². The number of anilines is 2. The van der Waals surface area contributed by atoms with Gasteiger partial charge in [-0.1, -0.05) is 30.3 Å². The highest BCUT2D eigenvalue weighted by Gasteiger charge is 2.43. The van der Waals surface area contributed by atoms with Crippen molar-refractivity contribution in [3.8, 4) is 5.75 Å². The van der Waals surface area contributed by atoms with Crippen LogP contribution in [0.5, 0.6) is 5.75 Å². The van der Waals surface area contributed by atoms with Crippen molar-refractivity contribution in [1.82, 2.24) is 5.32 Å². The molecule has 0 spiro atoms. The lowest BCUT2D eigenvalue weighted by atomic mass is 10.0. The third-order valence-corrected chi connectivity index (χ3v) is 4.49. The molecule has 3 amide bonds. The molecule has 1 heterocycles. The molecule has 128 valence electrons. The molecule has 6 heteroatoms. The molecule has 1 aliphatic carbocycles. The predicted octanol–water partition coefficient (Wildman–Crippen LogP) is 2.91. The Morgan fingerprint density at radius 2 is 1.96 bits per heavy atom. The Balaban J connectivity index is 1.38. The summed E-state index contributed by atoms with van der Waals surface area (Å²) >= 11 is 0. The second kappa shape index (κ2) is 6.12. The van der Waals surface area contributed by atoms with E-state index in [4.69, 9.17) is 4.74 Å². The molecule has 1 fully saturated rings. The molecule has 0 aromatic heterocycles. The van der Waals surface area contributed by atoms with Crippen molar-refractivity contribution in [3.05, 3.63) is 54.1 Å². The van der Waals surface area contributed by atoms with E-state index in [-0.39, 0.29) is 24.1 Å². The molecule has 3 N–H and O–H groups in total. The molecule has 0 bridgehead atoms. The number of fused-ring (bicyclic) bond motifs is 1. The fourth-order valence-electron chi connectivity index (χ4n) is 3.04. The minimum Gasteiger partial charge on any atom is -0.482 e. The van der Waals surface area contributed by atoms with Crippen molar-refractivity contribution < 1.29 is 14.3 Å². The van der Waals surface area contributed by atoms with Crippen LogP contribution in [0.4, 0.5) is 16.2 Å². The van der Waals surface area contributed by atoms with Gasteiger partial charge in [0.15, 0.2) is 6.61 Å². The van der Waals surface area contributed by atoms with Crippen LogP contribution in [0.15, 0.2) is 48.5 Å². The van der Waals surface area contributed by atoms with Gasteiger partial charge >= 0.3 is 6.03 Å². The molecule has 1 aliphatic heterocycles.